The van der Waals surface area contributed by atoms with E-state index >= 15 is 0 Å². The predicted octanol–water partition coefficient (Wildman–Crippen LogP) is 1.99. The first-order valence-corrected chi connectivity index (χ1v) is 6.86. The van der Waals surface area contributed by atoms with Crippen LogP contribution in [-0.2, 0) is 4.79 Å². The van der Waals surface area contributed by atoms with Crippen molar-refractivity contribution in [2.75, 3.05) is 11.4 Å². The van der Waals surface area contributed by atoms with Gasteiger partial charge in [-0.2, -0.15) is 0 Å². The summed E-state index contributed by atoms with van der Waals surface area (Å²) in [6.07, 6.45) is 2.26. The van der Waals surface area contributed by atoms with Gasteiger partial charge in [0.05, 0.1) is 12.0 Å². The van der Waals surface area contributed by atoms with Crippen molar-refractivity contribution in [2.45, 2.75) is 25.3 Å². The number of hydrogen-bond donors (Lipinski definition) is 2. The second-order valence-corrected chi connectivity index (χ2v) is 5.45. The maximum Gasteiger partial charge on any atom is 0.305 e. The van der Waals surface area contributed by atoms with Crippen molar-refractivity contribution in [3.05, 3.63) is 28.2 Å². The van der Waals surface area contributed by atoms with Crippen molar-refractivity contribution in [3.8, 4) is 0 Å². The predicted molar refractivity (Wildman–Crippen MR) is 75.3 cm³/mol. The molecule has 1 amide bonds. The van der Waals surface area contributed by atoms with Crippen molar-refractivity contribution >= 4 is 33.5 Å². The average Bonchev–Trinajstić information content (AvgIpc) is 3.13. The summed E-state index contributed by atoms with van der Waals surface area (Å²) >= 11 is 3.32. The molecule has 0 spiro atoms. The van der Waals surface area contributed by atoms with Crippen LogP contribution in [0.5, 0.6) is 0 Å². The molecule has 1 aromatic carbocycles. The van der Waals surface area contributed by atoms with Crippen LogP contribution in [0.25, 0.3) is 0 Å². The third kappa shape index (κ3) is 3.47. The van der Waals surface area contributed by atoms with E-state index in [1.165, 1.54) is 0 Å². The smallest absolute Gasteiger partial charge is 0.305 e. The number of benzene rings is 1. The molecule has 0 heterocycles. The van der Waals surface area contributed by atoms with Gasteiger partial charge in [0.1, 0.15) is 0 Å². The number of anilines is 1. The number of nitrogens with two attached hydrogens (primary N) is 1. The second-order valence-electron chi connectivity index (χ2n) is 4.60. The molecule has 0 radical (unpaired) electrons. The van der Waals surface area contributed by atoms with Gasteiger partial charge in [-0.3, -0.25) is 9.59 Å². The fourth-order valence-electron chi connectivity index (χ4n) is 2.01. The SMILES string of the molecule is NC(=O)c1ccc(N(CCC(=O)O)C2CC2)cc1Br. The number of hydrogen-bond acceptors (Lipinski definition) is 3. The molecular formula is C13H15BrN2O3. The van der Waals surface area contributed by atoms with E-state index in [1.807, 2.05) is 12.1 Å². The fraction of sp³-hybridized carbons (Fsp3) is 0.385. The summed E-state index contributed by atoms with van der Waals surface area (Å²) in [5.41, 5.74) is 6.60. The van der Waals surface area contributed by atoms with Crippen LogP contribution < -0.4 is 10.6 Å². The minimum atomic E-state index is -0.807. The van der Waals surface area contributed by atoms with E-state index in [9.17, 15) is 9.59 Å². The maximum atomic E-state index is 11.2. The molecule has 0 bridgehead atoms. The fourth-order valence-corrected chi connectivity index (χ4v) is 2.57. The number of nitrogens with zero attached hydrogens (tertiary/aromatic N) is 1. The molecule has 5 nitrogen and oxygen atoms in total. The van der Waals surface area contributed by atoms with Crippen LogP contribution in [0.2, 0.25) is 0 Å². The minimum Gasteiger partial charge on any atom is -0.481 e. The van der Waals surface area contributed by atoms with Gasteiger partial charge in [-0.1, -0.05) is 0 Å². The first kappa shape index (κ1) is 13.9. The molecule has 1 aliphatic carbocycles. The summed E-state index contributed by atoms with van der Waals surface area (Å²) in [5.74, 6) is -1.29. The van der Waals surface area contributed by atoms with Gasteiger partial charge in [-0.25, -0.2) is 0 Å². The topological polar surface area (TPSA) is 83.6 Å². The van der Waals surface area contributed by atoms with Crippen molar-refractivity contribution in [3.63, 3.8) is 0 Å². The summed E-state index contributed by atoms with van der Waals surface area (Å²) in [6, 6.07) is 5.70. The van der Waals surface area contributed by atoms with Crippen LogP contribution in [0.3, 0.4) is 0 Å². The molecule has 0 aromatic heterocycles. The Bertz CT molecular complexity index is 515. The Labute approximate surface area is 119 Å². The van der Waals surface area contributed by atoms with Gasteiger partial charge in [-0.15, -0.1) is 0 Å². The third-order valence-electron chi connectivity index (χ3n) is 3.10. The van der Waals surface area contributed by atoms with E-state index in [0.717, 1.165) is 18.5 Å². The standard InChI is InChI=1S/C13H15BrN2O3/c14-11-7-9(3-4-10(11)13(15)19)16(8-1-2-8)6-5-12(17)18/h3-4,7-8H,1-2,5-6H2,(H2,15,19)(H,17,18). The molecule has 0 atom stereocenters. The zero-order valence-electron chi connectivity index (χ0n) is 10.3. The zero-order valence-corrected chi connectivity index (χ0v) is 11.9. The van der Waals surface area contributed by atoms with Crippen LogP contribution in [0, 0.1) is 0 Å². The molecule has 3 N–H and O–H groups in total. The molecule has 0 aliphatic heterocycles. The molecule has 1 aromatic rings. The molecule has 1 aliphatic rings. The first-order valence-electron chi connectivity index (χ1n) is 6.07. The lowest BCUT2D eigenvalue weighted by atomic mass is 10.1. The van der Waals surface area contributed by atoms with Gasteiger partial charge in [0.25, 0.3) is 0 Å². The van der Waals surface area contributed by atoms with Crippen LogP contribution in [0.4, 0.5) is 5.69 Å². The highest BCUT2D eigenvalue weighted by molar-refractivity contribution is 9.10. The number of carbonyl (C=O) groups is 2. The van der Waals surface area contributed by atoms with E-state index in [1.54, 1.807) is 6.07 Å². The summed E-state index contributed by atoms with van der Waals surface area (Å²) in [6.45, 7) is 0.475. The maximum absolute atomic E-state index is 11.2. The normalized spacial score (nSPS) is 14.2. The molecule has 1 fully saturated rings. The highest BCUT2D eigenvalue weighted by atomic mass is 79.9. The van der Waals surface area contributed by atoms with E-state index in [2.05, 4.69) is 20.8 Å². The molecule has 0 saturated heterocycles. The Morgan fingerprint density at radius 3 is 2.58 bits per heavy atom. The number of primary amides is 1. The molecule has 19 heavy (non-hydrogen) atoms. The molecule has 2 rings (SSSR count). The van der Waals surface area contributed by atoms with E-state index in [4.69, 9.17) is 10.8 Å². The highest BCUT2D eigenvalue weighted by Crippen LogP contribution is 2.33. The summed E-state index contributed by atoms with van der Waals surface area (Å²) in [5, 5.41) is 8.79. The van der Waals surface area contributed by atoms with Gasteiger partial charge in [0, 0.05) is 22.7 Å². The van der Waals surface area contributed by atoms with Crippen LogP contribution in [0.1, 0.15) is 29.6 Å². The first-order chi connectivity index (χ1) is 8.99. The largest absolute Gasteiger partial charge is 0.481 e. The van der Waals surface area contributed by atoms with Gasteiger partial charge >= 0.3 is 5.97 Å². The Hall–Kier alpha value is -1.56. The van der Waals surface area contributed by atoms with Crippen LogP contribution in [0.15, 0.2) is 22.7 Å². The van der Waals surface area contributed by atoms with E-state index < -0.39 is 11.9 Å². The van der Waals surface area contributed by atoms with Gasteiger partial charge in [-0.05, 0) is 47.0 Å². The average molecular weight is 327 g/mol. The van der Waals surface area contributed by atoms with Crippen molar-refractivity contribution in [2.24, 2.45) is 5.73 Å². The number of carboxylic acid groups (broad SMARTS) is 1. The number of amides is 1. The van der Waals surface area contributed by atoms with E-state index in [-0.39, 0.29) is 6.42 Å². The van der Waals surface area contributed by atoms with Crippen LogP contribution in [-0.4, -0.2) is 29.6 Å². The number of halogens is 1. The molecule has 6 heteroatoms. The summed E-state index contributed by atoms with van der Waals surface area (Å²) in [4.78, 5) is 23.9. The lowest BCUT2D eigenvalue weighted by molar-refractivity contribution is -0.136. The van der Waals surface area contributed by atoms with Gasteiger partial charge < -0.3 is 15.7 Å². The van der Waals surface area contributed by atoms with Crippen molar-refractivity contribution in [1.82, 2.24) is 0 Å². The zero-order chi connectivity index (χ0) is 14.0. The van der Waals surface area contributed by atoms with Crippen LogP contribution >= 0.6 is 15.9 Å². The Kier molecular flexibility index (Phi) is 4.09. The Morgan fingerprint density at radius 1 is 1.42 bits per heavy atom. The van der Waals surface area contributed by atoms with E-state index in [0.29, 0.717) is 22.6 Å². The van der Waals surface area contributed by atoms with Crippen molar-refractivity contribution < 1.29 is 14.7 Å². The number of carboxylic acids is 1. The summed E-state index contributed by atoms with van der Waals surface area (Å²) in [7, 11) is 0. The quantitative estimate of drug-likeness (QED) is 0.837. The highest BCUT2D eigenvalue weighted by Gasteiger charge is 2.29. The Morgan fingerprint density at radius 2 is 2.11 bits per heavy atom. The van der Waals surface area contributed by atoms with Gasteiger partial charge in [0.15, 0.2) is 0 Å². The number of carbonyl (C=O) groups excluding carboxylic acids is 1. The third-order valence-corrected chi connectivity index (χ3v) is 3.76. The number of rotatable bonds is 6. The lowest BCUT2D eigenvalue weighted by Gasteiger charge is -2.24. The Balaban J connectivity index is 2.19. The second kappa shape index (κ2) is 5.61. The number of aliphatic carboxylic acids is 1. The lowest BCUT2D eigenvalue weighted by Crippen LogP contribution is -2.28. The molecule has 1 saturated carbocycles. The molecule has 102 valence electrons. The summed E-state index contributed by atoms with van der Waals surface area (Å²) < 4.78 is 0.637. The molecular weight excluding hydrogens is 312 g/mol. The van der Waals surface area contributed by atoms with Crippen molar-refractivity contribution in [1.29, 1.82) is 0 Å². The van der Waals surface area contributed by atoms with Gasteiger partial charge in [0.2, 0.25) is 5.91 Å². The minimum absolute atomic E-state index is 0.103. The monoisotopic (exact) mass is 326 g/mol. The molecule has 0 unspecified atom stereocenters.